The number of rotatable bonds is 3. The molecule has 2 rings (SSSR count). The van der Waals surface area contributed by atoms with Crippen LogP contribution in [0.1, 0.15) is 16.7 Å². The largest absolute Gasteiger partial charge is 0.416 e. The highest BCUT2D eigenvalue weighted by molar-refractivity contribution is 14.0. The Kier molecular flexibility index (Phi) is 6.86. The van der Waals surface area contributed by atoms with E-state index in [0.717, 1.165) is 23.4 Å². The summed E-state index contributed by atoms with van der Waals surface area (Å²) in [5.74, 6) is 0.213. The minimum atomic E-state index is -4.33. The first kappa shape index (κ1) is 19.3. The fraction of sp³-hybridized carbons (Fsp3) is 0.188. The first-order valence-electron chi connectivity index (χ1n) is 6.64. The molecule has 0 saturated carbocycles. The number of hydrogen-bond acceptors (Lipinski definition) is 1. The number of alkyl halides is 3. The van der Waals surface area contributed by atoms with Gasteiger partial charge in [-0.05, 0) is 42.3 Å². The molecule has 0 saturated heterocycles. The molecule has 0 amide bonds. The summed E-state index contributed by atoms with van der Waals surface area (Å²) < 4.78 is 37.4. The van der Waals surface area contributed by atoms with E-state index in [1.165, 1.54) is 12.1 Å². The summed E-state index contributed by atoms with van der Waals surface area (Å²) in [6, 6.07) is 12.5. The fourth-order valence-electron chi connectivity index (χ4n) is 1.89. The van der Waals surface area contributed by atoms with Crippen LogP contribution in [-0.4, -0.2) is 5.96 Å². The fourth-order valence-corrected chi connectivity index (χ4v) is 1.89. The number of halogens is 4. The molecule has 0 aliphatic heterocycles. The van der Waals surface area contributed by atoms with Crippen molar-refractivity contribution in [1.29, 1.82) is 0 Å². The van der Waals surface area contributed by atoms with Crippen LogP contribution in [-0.2, 0) is 12.7 Å². The van der Waals surface area contributed by atoms with Gasteiger partial charge in [-0.15, -0.1) is 24.0 Å². The molecule has 3 nitrogen and oxygen atoms in total. The van der Waals surface area contributed by atoms with E-state index in [2.05, 4.69) is 10.3 Å². The highest BCUT2D eigenvalue weighted by Gasteiger charge is 2.29. The van der Waals surface area contributed by atoms with Gasteiger partial charge in [0.2, 0.25) is 0 Å². The van der Waals surface area contributed by atoms with Crippen molar-refractivity contribution in [3.8, 4) is 0 Å². The van der Waals surface area contributed by atoms with Crippen molar-refractivity contribution < 1.29 is 13.2 Å². The number of aryl methyl sites for hydroxylation is 1. The van der Waals surface area contributed by atoms with E-state index >= 15 is 0 Å². The Morgan fingerprint density at radius 2 is 1.78 bits per heavy atom. The van der Waals surface area contributed by atoms with E-state index in [1.54, 1.807) is 0 Å². The van der Waals surface area contributed by atoms with Crippen LogP contribution in [0.4, 0.5) is 18.9 Å². The average molecular weight is 435 g/mol. The first-order chi connectivity index (χ1) is 10.3. The highest BCUT2D eigenvalue weighted by Crippen LogP contribution is 2.29. The lowest BCUT2D eigenvalue weighted by Gasteiger charge is -2.08. The van der Waals surface area contributed by atoms with E-state index in [1.807, 2.05) is 31.2 Å². The predicted octanol–water partition coefficient (Wildman–Crippen LogP) is 4.56. The lowest BCUT2D eigenvalue weighted by Crippen LogP contribution is -2.22. The number of hydrogen-bond donors (Lipinski definition) is 2. The van der Waals surface area contributed by atoms with Crippen LogP contribution in [0, 0.1) is 6.92 Å². The van der Waals surface area contributed by atoms with Crippen LogP contribution >= 0.6 is 24.0 Å². The minimum absolute atomic E-state index is 0. The normalized spacial score (nSPS) is 11.7. The third-order valence-electron chi connectivity index (χ3n) is 3.00. The van der Waals surface area contributed by atoms with Gasteiger partial charge in [-0.2, -0.15) is 13.2 Å². The van der Waals surface area contributed by atoms with Crippen molar-refractivity contribution in [2.75, 3.05) is 5.32 Å². The molecule has 7 heteroatoms. The number of nitrogens with two attached hydrogens (primary N) is 1. The zero-order chi connectivity index (χ0) is 16.2. The zero-order valence-electron chi connectivity index (χ0n) is 12.4. The number of benzene rings is 2. The van der Waals surface area contributed by atoms with E-state index in [0.29, 0.717) is 5.56 Å². The molecular formula is C16H17F3IN3. The second-order valence-corrected chi connectivity index (χ2v) is 4.89. The summed E-state index contributed by atoms with van der Waals surface area (Å²) in [6.07, 6.45) is -4.33. The molecule has 124 valence electrons. The van der Waals surface area contributed by atoms with Crippen LogP contribution < -0.4 is 11.1 Å². The Labute approximate surface area is 149 Å². The summed E-state index contributed by atoms with van der Waals surface area (Å²) in [6.45, 7) is 2.17. The predicted molar refractivity (Wildman–Crippen MR) is 97.0 cm³/mol. The molecule has 0 radical (unpaired) electrons. The molecule has 0 aliphatic carbocycles. The monoisotopic (exact) mass is 435 g/mol. The maximum Gasteiger partial charge on any atom is 0.416 e. The minimum Gasteiger partial charge on any atom is -0.370 e. The summed E-state index contributed by atoms with van der Waals surface area (Å²) in [5, 5.41) is 2.94. The molecule has 3 N–H and O–H groups in total. The highest BCUT2D eigenvalue weighted by atomic mass is 127. The van der Waals surface area contributed by atoms with Gasteiger partial charge in [0.05, 0.1) is 12.1 Å². The van der Waals surface area contributed by atoms with Crippen LogP contribution in [0.5, 0.6) is 0 Å². The SMILES string of the molecule is Cc1cccc(NC(N)=NCc2ccc(C(F)(F)F)cc2)c1.I. The lowest BCUT2D eigenvalue weighted by molar-refractivity contribution is -0.137. The molecular weight excluding hydrogens is 418 g/mol. The van der Waals surface area contributed by atoms with Gasteiger partial charge in [0.15, 0.2) is 5.96 Å². The molecule has 0 bridgehead atoms. The van der Waals surface area contributed by atoms with Crippen LogP contribution in [0.25, 0.3) is 0 Å². The Bertz CT molecular complexity index is 667. The quantitative estimate of drug-likeness (QED) is 0.422. The van der Waals surface area contributed by atoms with Crippen molar-refractivity contribution in [2.24, 2.45) is 10.7 Å². The molecule has 2 aromatic rings. The molecule has 0 spiro atoms. The molecule has 0 heterocycles. The number of aliphatic imine (C=N–C) groups is 1. The van der Waals surface area contributed by atoms with E-state index in [9.17, 15) is 13.2 Å². The Balaban J connectivity index is 0.00000264. The van der Waals surface area contributed by atoms with Gasteiger partial charge >= 0.3 is 6.18 Å². The van der Waals surface area contributed by atoms with Crippen molar-refractivity contribution in [2.45, 2.75) is 19.6 Å². The average Bonchev–Trinajstić information content (AvgIpc) is 2.45. The summed E-state index contributed by atoms with van der Waals surface area (Å²) in [7, 11) is 0. The third-order valence-corrected chi connectivity index (χ3v) is 3.00. The van der Waals surface area contributed by atoms with Gasteiger partial charge in [0.1, 0.15) is 0 Å². The Hall–Kier alpha value is -1.77. The van der Waals surface area contributed by atoms with Gasteiger partial charge in [-0.25, -0.2) is 4.99 Å². The maximum atomic E-state index is 12.5. The van der Waals surface area contributed by atoms with Gasteiger partial charge in [0, 0.05) is 5.69 Å². The van der Waals surface area contributed by atoms with Gasteiger partial charge in [-0.3, -0.25) is 0 Å². The lowest BCUT2D eigenvalue weighted by atomic mass is 10.1. The molecule has 0 unspecified atom stereocenters. The van der Waals surface area contributed by atoms with Gasteiger partial charge in [-0.1, -0.05) is 24.3 Å². The maximum absolute atomic E-state index is 12.5. The number of nitrogens with zero attached hydrogens (tertiary/aromatic N) is 1. The van der Waals surface area contributed by atoms with Crippen LogP contribution in [0.2, 0.25) is 0 Å². The first-order valence-corrected chi connectivity index (χ1v) is 6.64. The number of guanidine groups is 1. The molecule has 0 aliphatic rings. The number of anilines is 1. The Morgan fingerprint density at radius 1 is 1.13 bits per heavy atom. The smallest absolute Gasteiger partial charge is 0.370 e. The van der Waals surface area contributed by atoms with E-state index < -0.39 is 11.7 Å². The van der Waals surface area contributed by atoms with Crippen molar-refractivity contribution in [1.82, 2.24) is 0 Å². The van der Waals surface area contributed by atoms with Gasteiger partial charge < -0.3 is 11.1 Å². The second-order valence-electron chi connectivity index (χ2n) is 4.89. The molecule has 0 aromatic heterocycles. The van der Waals surface area contributed by atoms with Gasteiger partial charge in [0.25, 0.3) is 0 Å². The second kappa shape index (κ2) is 8.19. The van der Waals surface area contributed by atoms with E-state index in [4.69, 9.17) is 5.73 Å². The summed E-state index contributed by atoms with van der Waals surface area (Å²) in [5.41, 5.74) is 7.64. The standard InChI is InChI=1S/C16H16F3N3.HI/c1-11-3-2-4-14(9-11)22-15(20)21-10-12-5-7-13(8-6-12)16(17,18)19;/h2-9H,10H2,1H3,(H3,20,21,22);1H. The van der Waals surface area contributed by atoms with E-state index in [-0.39, 0.29) is 36.5 Å². The van der Waals surface area contributed by atoms with Crippen molar-refractivity contribution >= 4 is 35.6 Å². The molecule has 0 atom stereocenters. The summed E-state index contributed by atoms with van der Waals surface area (Å²) >= 11 is 0. The zero-order valence-corrected chi connectivity index (χ0v) is 14.7. The molecule has 23 heavy (non-hydrogen) atoms. The number of nitrogens with one attached hydrogen (secondary N) is 1. The Morgan fingerprint density at radius 3 is 2.35 bits per heavy atom. The third kappa shape index (κ3) is 6.09. The van der Waals surface area contributed by atoms with Crippen molar-refractivity contribution in [3.63, 3.8) is 0 Å². The molecule has 0 fully saturated rings. The van der Waals surface area contributed by atoms with Crippen LogP contribution in [0.15, 0.2) is 53.5 Å². The molecule has 2 aromatic carbocycles. The van der Waals surface area contributed by atoms with Crippen molar-refractivity contribution in [3.05, 3.63) is 65.2 Å². The van der Waals surface area contributed by atoms with Crippen LogP contribution in [0.3, 0.4) is 0 Å². The summed E-state index contributed by atoms with van der Waals surface area (Å²) in [4.78, 5) is 4.11. The topological polar surface area (TPSA) is 50.4 Å².